The second-order valence-corrected chi connectivity index (χ2v) is 7.18. The van der Waals surface area contributed by atoms with E-state index in [1.807, 2.05) is 19.1 Å². The molecule has 25 heavy (non-hydrogen) atoms. The molecule has 0 saturated heterocycles. The predicted octanol–water partition coefficient (Wildman–Crippen LogP) is 4.00. The number of nitrogens with zero attached hydrogens (tertiary/aromatic N) is 2. The van der Waals surface area contributed by atoms with Crippen LogP contribution in [0.1, 0.15) is 34.5 Å². The van der Waals surface area contributed by atoms with Crippen LogP contribution in [-0.4, -0.2) is 15.3 Å². The molecule has 0 bridgehead atoms. The zero-order valence-corrected chi connectivity index (χ0v) is 15.0. The highest BCUT2D eigenvalue weighted by atomic mass is 16.1. The molecule has 4 heteroatoms. The van der Waals surface area contributed by atoms with E-state index in [4.69, 9.17) is 4.98 Å². The number of fused-ring (bicyclic) bond motifs is 3. The molecule has 1 unspecified atom stereocenters. The number of aromatic nitrogens is 2. The van der Waals surface area contributed by atoms with Gasteiger partial charge in [-0.3, -0.25) is 4.79 Å². The smallest absolute Gasteiger partial charge is 0.227 e. The topological polar surface area (TPSA) is 46.4 Å². The highest BCUT2D eigenvalue weighted by Gasteiger charge is 2.28. The SMILES string of the molecule is Cc1ccc(NC(=O)C2CCc3nc4cc(C)ccn4c3C2)c(C)c1. The van der Waals surface area contributed by atoms with Gasteiger partial charge in [-0.1, -0.05) is 17.7 Å². The first-order valence-corrected chi connectivity index (χ1v) is 8.86. The summed E-state index contributed by atoms with van der Waals surface area (Å²) in [5.41, 5.74) is 7.74. The van der Waals surface area contributed by atoms with Gasteiger partial charge < -0.3 is 9.72 Å². The Labute approximate surface area is 147 Å². The van der Waals surface area contributed by atoms with Crippen LogP contribution in [0.5, 0.6) is 0 Å². The van der Waals surface area contributed by atoms with Crippen LogP contribution < -0.4 is 5.32 Å². The van der Waals surface area contributed by atoms with Crippen molar-refractivity contribution in [3.63, 3.8) is 0 Å². The first-order valence-electron chi connectivity index (χ1n) is 8.86. The maximum absolute atomic E-state index is 12.8. The summed E-state index contributed by atoms with van der Waals surface area (Å²) in [7, 11) is 0. The Hall–Kier alpha value is -2.62. The lowest BCUT2D eigenvalue weighted by molar-refractivity contribution is -0.120. The molecule has 1 aliphatic carbocycles. The van der Waals surface area contributed by atoms with Crippen molar-refractivity contribution in [1.82, 2.24) is 9.38 Å². The van der Waals surface area contributed by atoms with Gasteiger partial charge in [0.25, 0.3) is 0 Å². The summed E-state index contributed by atoms with van der Waals surface area (Å²) in [4.78, 5) is 17.5. The third kappa shape index (κ3) is 2.93. The molecule has 2 aromatic heterocycles. The van der Waals surface area contributed by atoms with E-state index in [2.05, 4.69) is 48.0 Å². The summed E-state index contributed by atoms with van der Waals surface area (Å²) in [6.45, 7) is 6.18. The van der Waals surface area contributed by atoms with Gasteiger partial charge in [0, 0.05) is 29.9 Å². The Balaban J connectivity index is 1.57. The van der Waals surface area contributed by atoms with Crippen molar-refractivity contribution in [2.24, 2.45) is 5.92 Å². The molecule has 3 aromatic rings. The van der Waals surface area contributed by atoms with Gasteiger partial charge in [0.05, 0.1) is 5.69 Å². The minimum absolute atomic E-state index is 0.00518. The van der Waals surface area contributed by atoms with Crippen LogP contribution in [-0.2, 0) is 17.6 Å². The molecule has 0 aliphatic heterocycles. The average molecular weight is 333 g/mol. The second kappa shape index (κ2) is 6.03. The Morgan fingerprint density at radius 3 is 2.76 bits per heavy atom. The average Bonchev–Trinajstić information content (AvgIpc) is 2.93. The van der Waals surface area contributed by atoms with Crippen LogP contribution in [0.2, 0.25) is 0 Å². The molecule has 2 heterocycles. The van der Waals surface area contributed by atoms with E-state index in [-0.39, 0.29) is 11.8 Å². The van der Waals surface area contributed by atoms with Crippen LogP contribution in [0.15, 0.2) is 36.5 Å². The van der Waals surface area contributed by atoms with Crippen molar-refractivity contribution in [3.8, 4) is 0 Å². The lowest BCUT2D eigenvalue weighted by Crippen LogP contribution is -2.28. The molecular formula is C21H23N3O. The number of amides is 1. The summed E-state index contributed by atoms with van der Waals surface area (Å²) < 4.78 is 2.14. The largest absolute Gasteiger partial charge is 0.326 e. The van der Waals surface area contributed by atoms with Crippen LogP contribution in [0, 0.1) is 26.7 Å². The fourth-order valence-electron chi connectivity index (χ4n) is 3.72. The third-order valence-electron chi connectivity index (χ3n) is 5.14. The number of anilines is 1. The van der Waals surface area contributed by atoms with Gasteiger partial charge in [-0.15, -0.1) is 0 Å². The highest BCUT2D eigenvalue weighted by Crippen LogP contribution is 2.28. The number of nitrogens with one attached hydrogen (secondary N) is 1. The lowest BCUT2D eigenvalue weighted by Gasteiger charge is -2.22. The lowest BCUT2D eigenvalue weighted by atomic mass is 9.89. The van der Waals surface area contributed by atoms with E-state index >= 15 is 0 Å². The van der Waals surface area contributed by atoms with Crippen molar-refractivity contribution < 1.29 is 4.79 Å². The van der Waals surface area contributed by atoms with E-state index in [0.29, 0.717) is 0 Å². The summed E-state index contributed by atoms with van der Waals surface area (Å²) in [5.74, 6) is 0.106. The molecule has 0 spiro atoms. The minimum Gasteiger partial charge on any atom is -0.326 e. The Morgan fingerprint density at radius 1 is 1.16 bits per heavy atom. The molecule has 0 radical (unpaired) electrons. The quantitative estimate of drug-likeness (QED) is 0.770. The monoisotopic (exact) mass is 333 g/mol. The molecule has 1 amide bonds. The molecule has 1 aliphatic rings. The number of benzene rings is 1. The van der Waals surface area contributed by atoms with E-state index in [1.165, 1.54) is 16.8 Å². The molecule has 4 nitrogen and oxygen atoms in total. The summed E-state index contributed by atoms with van der Waals surface area (Å²) in [5, 5.41) is 3.12. The van der Waals surface area contributed by atoms with Gasteiger partial charge in [0.15, 0.2) is 0 Å². The Bertz CT molecular complexity index is 971. The van der Waals surface area contributed by atoms with Gasteiger partial charge in [0.2, 0.25) is 5.91 Å². The number of carbonyl (C=O) groups excluding carboxylic acids is 1. The predicted molar refractivity (Wildman–Crippen MR) is 100.0 cm³/mol. The third-order valence-corrected chi connectivity index (χ3v) is 5.14. The Kier molecular flexibility index (Phi) is 3.83. The van der Waals surface area contributed by atoms with Gasteiger partial charge in [-0.2, -0.15) is 0 Å². The van der Waals surface area contributed by atoms with Crippen molar-refractivity contribution in [2.45, 2.75) is 40.0 Å². The normalized spacial score (nSPS) is 16.7. The number of hydrogen-bond acceptors (Lipinski definition) is 2. The molecule has 1 N–H and O–H groups in total. The number of rotatable bonds is 2. The van der Waals surface area contributed by atoms with E-state index in [9.17, 15) is 4.79 Å². The number of aryl methyl sites for hydroxylation is 4. The molecule has 1 atom stereocenters. The first kappa shape index (κ1) is 15.9. The second-order valence-electron chi connectivity index (χ2n) is 7.18. The fourth-order valence-corrected chi connectivity index (χ4v) is 3.72. The summed E-state index contributed by atoms with van der Waals surface area (Å²) in [6.07, 6.45) is 4.53. The zero-order chi connectivity index (χ0) is 17.6. The van der Waals surface area contributed by atoms with Crippen LogP contribution in [0.25, 0.3) is 5.65 Å². The molecule has 0 fully saturated rings. The summed E-state index contributed by atoms with van der Waals surface area (Å²) >= 11 is 0. The molecular weight excluding hydrogens is 310 g/mol. The molecule has 4 rings (SSSR count). The van der Waals surface area contributed by atoms with Gasteiger partial charge >= 0.3 is 0 Å². The fraction of sp³-hybridized carbons (Fsp3) is 0.333. The van der Waals surface area contributed by atoms with Crippen LogP contribution in [0.4, 0.5) is 5.69 Å². The minimum atomic E-state index is -0.00518. The maximum Gasteiger partial charge on any atom is 0.227 e. The number of imidazole rings is 1. The zero-order valence-electron chi connectivity index (χ0n) is 15.0. The van der Waals surface area contributed by atoms with Crippen molar-refractivity contribution in [3.05, 3.63) is 64.6 Å². The van der Waals surface area contributed by atoms with Crippen LogP contribution >= 0.6 is 0 Å². The summed E-state index contributed by atoms with van der Waals surface area (Å²) in [6, 6.07) is 10.3. The number of pyridine rings is 1. The van der Waals surface area contributed by atoms with Crippen molar-refractivity contribution >= 4 is 17.2 Å². The van der Waals surface area contributed by atoms with Crippen molar-refractivity contribution in [2.75, 3.05) is 5.32 Å². The number of hydrogen-bond donors (Lipinski definition) is 1. The van der Waals surface area contributed by atoms with Gasteiger partial charge in [0.1, 0.15) is 5.65 Å². The Morgan fingerprint density at radius 2 is 1.96 bits per heavy atom. The van der Waals surface area contributed by atoms with E-state index in [0.717, 1.165) is 41.9 Å². The van der Waals surface area contributed by atoms with E-state index in [1.54, 1.807) is 0 Å². The van der Waals surface area contributed by atoms with Crippen molar-refractivity contribution in [1.29, 1.82) is 0 Å². The van der Waals surface area contributed by atoms with E-state index < -0.39 is 0 Å². The number of carbonyl (C=O) groups is 1. The van der Waals surface area contributed by atoms with Gasteiger partial charge in [-0.05, 0) is 62.9 Å². The molecule has 0 saturated carbocycles. The molecule has 128 valence electrons. The molecule has 1 aromatic carbocycles. The standard InChI is InChI=1S/C21H23N3O/c1-13-4-6-17(15(3)10-13)23-21(25)16-5-7-18-19(12-16)24-9-8-14(2)11-20(24)22-18/h4,6,8-11,16H,5,7,12H2,1-3H3,(H,23,25). The first-order chi connectivity index (χ1) is 12.0. The van der Waals surface area contributed by atoms with Crippen LogP contribution in [0.3, 0.4) is 0 Å². The van der Waals surface area contributed by atoms with Gasteiger partial charge in [-0.25, -0.2) is 4.98 Å². The maximum atomic E-state index is 12.8. The highest BCUT2D eigenvalue weighted by molar-refractivity contribution is 5.93.